The number of nitrogens with two attached hydrogens (primary N) is 1. The Bertz CT molecular complexity index is 449. The van der Waals surface area contributed by atoms with E-state index in [1.54, 1.807) is 0 Å². The molecule has 4 heteroatoms. The summed E-state index contributed by atoms with van der Waals surface area (Å²) >= 11 is 0. The third-order valence-corrected chi connectivity index (χ3v) is 3.17. The Morgan fingerprint density at radius 2 is 1.90 bits per heavy atom. The van der Waals surface area contributed by atoms with Crippen molar-refractivity contribution >= 4 is 5.91 Å². The first kappa shape index (κ1) is 16.7. The molecule has 3 N–H and O–H groups in total. The second-order valence-corrected chi connectivity index (χ2v) is 6.62. The summed E-state index contributed by atoms with van der Waals surface area (Å²) in [6, 6.07) is 7.74. The van der Waals surface area contributed by atoms with Gasteiger partial charge in [-0.2, -0.15) is 0 Å². The van der Waals surface area contributed by atoms with Crippen molar-refractivity contribution in [2.45, 2.75) is 39.9 Å². The summed E-state index contributed by atoms with van der Waals surface area (Å²) in [5, 5.41) is 2.91. The molecule has 0 aliphatic rings. The molecule has 0 aliphatic carbocycles. The van der Waals surface area contributed by atoms with Crippen LogP contribution in [0.1, 0.15) is 31.9 Å². The summed E-state index contributed by atoms with van der Waals surface area (Å²) < 4.78 is 0. The highest BCUT2D eigenvalue weighted by Gasteiger charge is 2.26. The first-order chi connectivity index (χ1) is 9.20. The highest BCUT2D eigenvalue weighted by atomic mass is 16.2. The van der Waals surface area contributed by atoms with Gasteiger partial charge in [0.2, 0.25) is 5.91 Å². The van der Waals surface area contributed by atoms with E-state index < -0.39 is 6.04 Å². The van der Waals surface area contributed by atoms with Crippen LogP contribution in [-0.4, -0.2) is 30.9 Å². The van der Waals surface area contributed by atoms with Gasteiger partial charge in [0.25, 0.3) is 0 Å². The number of hydrogen-bond acceptors (Lipinski definition) is 3. The van der Waals surface area contributed by atoms with Crippen LogP contribution in [0.4, 0.5) is 0 Å². The molecule has 0 saturated heterocycles. The number of amides is 1. The summed E-state index contributed by atoms with van der Waals surface area (Å²) in [5.41, 5.74) is 8.04. The summed E-state index contributed by atoms with van der Waals surface area (Å²) in [6.45, 7) is 7.31. The van der Waals surface area contributed by atoms with E-state index in [9.17, 15) is 4.79 Å². The van der Waals surface area contributed by atoms with Gasteiger partial charge in [-0.3, -0.25) is 4.79 Å². The van der Waals surface area contributed by atoms with Crippen molar-refractivity contribution < 1.29 is 4.79 Å². The van der Waals surface area contributed by atoms with Crippen molar-refractivity contribution in [3.05, 3.63) is 35.4 Å². The molecule has 0 spiro atoms. The van der Waals surface area contributed by atoms with Crippen LogP contribution in [0.3, 0.4) is 0 Å². The van der Waals surface area contributed by atoms with Gasteiger partial charge in [-0.1, -0.05) is 45.0 Å². The molecule has 0 radical (unpaired) electrons. The van der Waals surface area contributed by atoms with E-state index >= 15 is 0 Å². The van der Waals surface area contributed by atoms with Crippen molar-refractivity contribution in [2.24, 2.45) is 11.1 Å². The Morgan fingerprint density at radius 3 is 2.45 bits per heavy atom. The highest BCUT2D eigenvalue weighted by Crippen LogP contribution is 2.17. The minimum Gasteiger partial charge on any atom is -0.351 e. The molecule has 1 amide bonds. The normalized spacial score (nSPS) is 13.3. The monoisotopic (exact) mass is 277 g/mol. The lowest BCUT2D eigenvalue weighted by atomic mass is 9.87. The zero-order valence-electron chi connectivity index (χ0n) is 13.2. The van der Waals surface area contributed by atoms with Gasteiger partial charge in [-0.15, -0.1) is 0 Å². The van der Waals surface area contributed by atoms with Gasteiger partial charge in [0.15, 0.2) is 0 Å². The fourth-order valence-electron chi connectivity index (χ4n) is 1.90. The maximum atomic E-state index is 12.0. The summed E-state index contributed by atoms with van der Waals surface area (Å²) in [5.74, 6) is -0.101. The highest BCUT2D eigenvalue weighted by molar-refractivity contribution is 5.82. The first-order valence-corrected chi connectivity index (χ1v) is 6.96. The number of carbonyl (C=O) groups excluding carboxylic acids is 1. The lowest BCUT2D eigenvalue weighted by Crippen LogP contribution is -2.48. The van der Waals surface area contributed by atoms with Gasteiger partial charge in [0.05, 0.1) is 6.04 Å². The number of nitrogens with zero attached hydrogens (tertiary/aromatic N) is 1. The molecule has 0 fully saturated rings. The molecule has 112 valence electrons. The predicted molar refractivity (Wildman–Crippen MR) is 83.1 cm³/mol. The van der Waals surface area contributed by atoms with Crippen molar-refractivity contribution in [1.82, 2.24) is 10.2 Å². The van der Waals surface area contributed by atoms with Crippen LogP contribution in [0.15, 0.2) is 24.3 Å². The SMILES string of the molecule is CN(C)Cc1cccc(CNC(=O)[C@@H](N)C(C)(C)C)c1. The minimum atomic E-state index is -0.493. The molecule has 0 saturated carbocycles. The van der Waals surface area contributed by atoms with Crippen LogP contribution in [0.2, 0.25) is 0 Å². The van der Waals surface area contributed by atoms with E-state index in [4.69, 9.17) is 5.73 Å². The van der Waals surface area contributed by atoms with Crippen molar-refractivity contribution in [1.29, 1.82) is 0 Å². The van der Waals surface area contributed by atoms with Crippen LogP contribution in [0, 0.1) is 5.41 Å². The fourth-order valence-corrected chi connectivity index (χ4v) is 1.90. The largest absolute Gasteiger partial charge is 0.351 e. The van der Waals surface area contributed by atoms with Gasteiger partial charge < -0.3 is 16.0 Å². The Labute approximate surface area is 122 Å². The fraction of sp³-hybridized carbons (Fsp3) is 0.562. The molecule has 1 atom stereocenters. The van der Waals surface area contributed by atoms with Crippen molar-refractivity contribution in [2.75, 3.05) is 14.1 Å². The van der Waals surface area contributed by atoms with E-state index in [0.29, 0.717) is 6.54 Å². The van der Waals surface area contributed by atoms with Crippen LogP contribution in [0.5, 0.6) is 0 Å². The Balaban J connectivity index is 2.60. The van der Waals surface area contributed by atoms with Crippen LogP contribution < -0.4 is 11.1 Å². The van der Waals surface area contributed by atoms with E-state index in [2.05, 4.69) is 22.3 Å². The van der Waals surface area contributed by atoms with E-state index in [0.717, 1.165) is 12.1 Å². The molecule has 0 aromatic heterocycles. The molecule has 1 aromatic carbocycles. The lowest BCUT2D eigenvalue weighted by molar-refractivity contribution is -0.124. The predicted octanol–water partition coefficient (Wildman–Crippen LogP) is 1.74. The molecule has 0 unspecified atom stereocenters. The minimum absolute atomic E-state index is 0.101. The van der Waals surface area contributed by atoms with E-state index in [1.165, 1.54) is 5.56 Å². The van der Waals surface area contributed by atoms with Gasteiger partial charge in [0, 0.05) is 13.1 Å². The van der Waals surface area contributed by atoms with E-state index in [-0.39, 0.29) is 11.3 Å². The molecule has 1 aromatic rings. The van der Waals surface area contributed by atoms with Crippen molar-refractivity contribution in [3.8, 4) is 0 Å². The third kappa shape index (κ3) is 5.31. The zero-order valence-corrected chi connectivity index (χ0v) is 13.2. The number of benzene rings is 1. The smallest absolute Gasteiger partial charge is 0.237 e. The number of hydrogen-bond donors (Lipinski definition) is 2. The lowest BCUT2D eigenvalue weighted by Gasteiger charge is -2.25. The molecule has 0 bridgehead atoms. The second-order valence-electron chi connectivity index (χ2n) is 6.62. The van der Waals surface area contributed by atoms with Gasteiger partial charge in [-0.05, 0) is 30.6 Å². The molecular weight excluding hydrogens is 250 g/mol. The van der Waals surface area contributed by atoms with Crippen LogP contribution in [-0.2, 0) is 17.9 Å². The maximum absolute atomic E-state index is 12.0. The average molecular weight is 277 g/mol. The topological polar surface area (TPSA) is 58.4 Å². The average Bonchev–Trinajstić information content (AvgIpc) is 2.33. The summed E-state index contributed by atoms with van der Waals surface area (Å²) in [6.07, 6.45) is 0. The molecule has 4 nitrogen and oxygen atoms in total. The molecule has 20 heavy (non-hydrogen) atoms. The Kier molecular flexibility index (Phi) is 5.72. The number of rotatable bonds is 5. The standard InChI is InChI=1S/C16H27N3O/c1-16(2,3)14(17)15(20)18-10-12-7-6-8-13(9-12)11-19(4)5/h6-9,14H,10-11,17H2,1-5H3,(H,18,20)/t14-/m1/s1. The second kappa shape index (κ2) is 6.86. The summed E-state index contributed by atoms with van der Waals surface area (Å²) in [7, 11) is 4.08. The summed E-state index contributed by atoms with van der Waals surface area (Å²) in [4.78, 5) is 14.1. The quantitative estimate of drug-likeness (QED) is 0.862. The number of carbonyl (C=O) groups is 1. The molecule has 1 rings (SSSR count). The molecule has 0 aliphatic heterocycles. The van der Waals surface area contributed by atoms with Crippen LogP contribution in [0.25, 0.3) is 0 Å². The zero-order chi connectivity index (χ0) is 15.3. The van der Waals surface area contributed by atoms with E-state index in [1.807, 2.05) is 47.0 Å². The van der Waals surface area contributed by atoms with Gasteiger partial charge in [0.1, 0.15) is 0 Å². The Hall–Kier alpha value is -1.39. The van der Waals surface area contributed by atoms with Gasteiger partial charge in [-0.25, -0.2) is 0 Å². The third-order valence-electron chi connectivity index (χ3n) is 3.17. The molecular formula is C16H27N3O. The van der Waals surface area contributed by atoms with Crippen LogP contribution >= 0.6 is 0 Å². The first-order valence-electron chi connectivity index (χ1n) is 6.96. The van der Waals surface area contributed by atoms with Gasteiger partial charge >= 0.3 is 0 Å². The number of nitrogens with one attached hydrogen (secondary N) is 1. The molecule has 0 heterocycles. The van der Waals surface area contributed by atoms with Crippen molar-refractivity contribution in [3.63, 3.8) is 0 Å². The Morgan fingerprint density at radius 1 is 1.30 bits per heavy atom. The maximum Gasteiger partial charge on any atom is 0.237 e.